The molecule has 1 N–H and O–H groups in total. The van der Waals surface area contributed by atoms with Crippen LogP contribution in [0.4, 0.5) is 0 Å². The number of aromatic nitrogens is 2. The molecule has 5 nitrogen and oxygen atoms in total. The summed E-state index contributed by atoms with van der Waals surface area (Å²) >= 11 is 1.48. The number of pyridine rings is 1. The SMILES string of the molecule is CS(=O)(=O)NCc1csc(-c2ccncc2)n1. The summed E-state index contributed by atoms with van der Waals surface area (Å²) in [6.07, 6.45) is 4.53. The van der Waals surface area contributed by atoms with Crippen LogP contribution in [-0.4, -0.2) is 24.6 Å². The molecule has 2 aromatic rings. The van der Waals surface area contributed by atoms with Crippen LogP contribution in [0.2, 0.25) is 0 Å². The third-order valence-corrected chi connectivity index (χ3v) is 3.60. The quantitative estimate of drug-likeness (QED) is 0.907. The Labute approximate surface area is 104 Å². The van der Waals surface area contributed by atoms with E-state index in [1.165, 1.54) is 11.3 Å². The zero-order valence-electron chi connectivity index (χ0n) is 9.12. The average Bonchev–Trinajstić information content (AvgIpc) is 2.75. The molecule has 17 heavy (non-hydrogen) atoms. The van der Waals surface area contributed by atoms with Gasteiger partial charge in [-0.15, -0.1) is 11.3 Å². The number of nitrogens with zero attached hydrogens (tertiary/aromatic N) is 2. The zero-order chi connectivity index (χ0) is 12.3. The van der Waals surface area contributed by atoms with E-state index < -0.39 is 10.0 Å². The molecular formula is C10H11N3O2S2. The van der Waals surface area contributed by atoms with Crippen molar-refractivity contribution in [2.75, 3.05) is 6.26 Å². The Bertz CT molecular complexity index is 593. The van der Waals surface area contributed by atoms with Gasteiger partial charge in [0.15, 0.2) is 0 Å². The summed E-state index contributed by atoms with van der Waals surface area (Å²) in [4.78, 5) is 8.28. The lowest BCUT2D eigenvalue weighted by Gasteiger charge is -1.98. The first kappa shape index (κ1) is 12.2. The third-order valence-electron chi connectivity index (χ3n) is 1.99. The van der Waals surface area contributed by atoms with Crippen LogP contribution in [0, 0.1) is 0 Å². The van der Waals surface area contributed by atoms with Crippen molar-refractivity contribution in [1.82, 2.24) is 14.7 Å². The normalized spacial score (nSPS) is 11.6. The molecule has 2 heterocycles. The molecule has 7 heteroatoms. The van der Waals surface area contributed by atoms with Crippen molar-refractivity contribution in [2.45, 2.75) is 6.54 Å². The van der Waals surface area contributed by atoms with Gasteiger partial charge in [0.25, 0.3) is 0 Å². The highest BCUT2D eigenvalue weighted by atomic mass is 32.2. The molecule has 0 aliphatic carbocycles. The fourth-order valence-electron chi connectivity index (χ4n) is 1.22. The second-order valence-corrected chi connectivity index (χ2v) is 6.16. The van der Waals surface area contributed by atoms with Gasteiger partial charge < -0.3 is 0 Å². The second-order valence-electron chi connectivity index (χ2n) is 3.47. The lowest BCUT2D eigenvalue weighted by Crippen LogP contribution is -2.21. The number of nitrogens with one attached hydrogen (secondary N) is 1. The van der Waals surface area contributed by atoms with E-state index in [-0.39, 0.29) is 6.54 Å². The van der Waals surface area contributed by atoms with Crippen LogP contribution in [0.3, 0.4) is 0 Å². The molecule has 0 atom stereocenters. The van der Waals surface area contributed by atoms with Gasteiger partial charge in [0.1, 0.15) is 5.01 Å². The average molecular weight is 269 g/mol. The molecule has 2 rings (SSSR count). The first-order valence-electron chi connectivity index (χ1n) is 4.84. The summed E-state index contributed by atoms with van der Waals surface area (Å²) in [5.74, 6) is 0. The summed E-state index contributed by atoms with van der Waals surface area (Å²) in [6, 6.07) is 3.74. The summed E-state index contributed by atoms with van der Waals surface area (Å²) in [5.41, 5.74) is 1.70. The maximum atomic E-state index is 10.9. The fourth-order valence-corrected chi connectivity index (χ4v) is 2.46. The van der Waals surface area contributed by atoms with Gasteiger partial charge in [0.05, 0.1) is 18.5 Å². The number of hydrogen-bond donors (Lipinski definition) is 1. The maximum Gasteiger partial charge on any atom is 0.209 e. The molecular weight excluding hydrogens is 258 g/mol. The second kappa shape index (κ2) is 4.91. The van der Waals surface area contributed by atoms with Crippen molar-refractivity contribution in [3.8, 4) is 10.6 Å². The smallest absolute Gasteiger partial charge is 0.209 e. The van der Waals surface area contributed by atoms with E-state index in [2.05, 4.69) is 14.7 Å². The summed E-state index contributed by atoms with van der Waals surface area (Å²) < 4.78 is 24.3. The minimum atomic E-state index is -3.17. The van der Waals surface area contributed by atoms with Gasteiger partial charge in [-0.1, -0.05) is 0 Å². The minimum Gasteiger partial charge on any atom is -0.265 e. The molecule has 0 aliphatic heterocycles. The van der Waals surface area contributed by atoms with E-state index in [9.17, 15) is 8.42 Å². The van der Waals surface area contributed by atoms with Gasteiger partial charge in [0, 0.05) is 23.3 Å². The highest BCUT2D eigenvalue weighted by Crippen LogP contribution is 2.22. The molecule has 2 aromatic heterocycles. The maximum absolute atomic E-state index is 10.9. The summed E-state index contributed by atoms with van der Waals surface area (Å²) in [7, 11) is -3.17. The van der Waals surface area contributed by atoms with Crippen LogP contribution in [0.1, 0.15) is 5.69 Å². The summed E-state index contributed by atoms with van der Waals surface area (Å²) in [6.45, 7) is 0.223. The van der Waals surface area contributed by atoms with Gasteiger partial charge in [-0.25, -0.2) is 18.1 Å². The standard InChI is InChI=1S/C10H11N3O2S2/c1-17(14,15)12-6-9-7-16-10(13-9)8-2-4-11-5-3-8/h2-5,7,12H,6H2,1H3. The fraction of sp³-hybridized carbons (Fsp3) is 0.200. The Balaban J connectivity index is 2.12. The number of sulfonamides is 1. The molecule has 0 aliphatic rings. The highest BCUT2D eigenvalue weighted by molar-refractivity contribution is 7.88. The van der Waals surface area contributed by atoms with Gasteiger partial charge in [-0.2, -0.15) is 0 Å². The lowest BCUT2D eigenvalue weighted by molar-refractivity contribution is 0.587. The van der Waals surface area contributed by atoms with Crippen LogP contribution < -0.4 is 4.72 Å². The van der Waals surface area contributed by atoms with Gasteiger partial charge >= 0.3 is 0 Å². The minimum absolute atomic E-state index is 0.223. The molecule has 0 fully saturated rings. The Morgan fingerprint density at radius 2 is 2.06 bits per heavy atom. The van der Waals surface area contributed by atoms with Gasteiger partial charge in [-0.05, 0) is 12.1 Å². The van der Waals surface area contributed by atoms with Crippen molar-refractivity contribution in [3.05, 3.63) is 35.6 Å². The molecule has 0 spiro atoms. The van der Waals surface area contributed by atoms with Gasteiger partial charge in [0.2, 0.25) is 10.0 Å². The Morgan fingerprint density at radius 3 is 2.71 bits per heavy atom. The van der Waals surface area contributed by atoms with E-state index in [0.29, 0.717) is 5.69 Å². The predicted molar refractivity (Wildman–Crippen MR) is 67.0 cm³/mol. The van der Waals surface area contributed by atoms with Crippen molar-refractivity contribution in [3.63, 3.8) is 0 Å². The zero-order valence-corrected chi connectivity index (χ0v) is 10.8. The van der Waals surface area contributed by atoms with Crippen molar-refractivity contribution in [1.29, 1.82) is 0 Å². The van der Waals surface area contributed by atoms with Crippen molar-refractivity contribution >= 4 is 21.4 Å². The van der Waals surface area contributed by atoms with Crippen molar-refractivity contribution < 1.29 is 8.42 Å². The molecule has 0 unspecified atom stereocenters. The van der Waals surface area contributed by atoms with Crippen molar-refractivity contribution in [2.24, 2.45) is 0 Å². The Morgan fingerprint density at radius 1 is 1.35 bits per heavy atom. The first-order valence-corrected chi connectivity index (χ1v) is 7.61. The summed E-state index contributed by atoms with van der Waals surface area (Å²) in [5, 5.41) is 2.70. The van der Waals surface area contributed by atoms with Crippen LogP contribution in [0.5, 0.6) is 0 Å². The Kier molecular flexibility index (Phi) is 3.51. The van der Waals surface area contributed by atoms with Gasteiger partial charge in [-0.3, -0.25) is 4.98 Å². The first-order chi connectivity index (χ1) is 8.04. The van der Waals surface area contributed by atoms with Crippen LogP contribution in [0.15, 0.2) is 29.9 Å². The number of hydrogen-bond acceptors (Lipinski definition) is 5. The van der Waals surface area contributed by atoms with E-state index in [1.807, 2.05) is 17.5 Å². The number of rotatable bonds is 4. The lowest BCUT2D eigenvalue weighted by atomic mass is 10.3. The molecule has 0 saturated carbocycles. The molecule has 90 valence electrons. The molecule has 0 radical (unpaired) electrons. The van der Waals surface area contributed by atoms with E-state index in [0.717, 1.165) is 16.8 Å². The largest absolute Gasteiger partial charge is 0.265 e. The number of thiazole rings is 1. The van der Waals surface area contributed by atoms with E-state index in [1.54, 1.807) is 12.4 Å². The molecule has 0 saturated heterocycles. The third kappa shape index (κ3) is 3.58. The topological polar surface area (TPSA) is 72.0 Å². The van der Waals surface area contributed by atoms with Crippen LogP contribution in [-0.2, 0) is 16.6 Å². The molecule has 0 aromatic carbocycles. The molecule has 0 bridgehead atoms. The highest BCUT2D eigenvalue weighted by Gasteiger charge is 2.06. The predicted octanol–water partition coefficient (Wildman–Crippen LogP) is 1.25. The Hall–Kier alpha value is -1.31. The van der Waals surface area contributed by atoms with Crippen LogP contribution >= 0.6 is 11.3 Å². The monoisotopic (exact) mass is 269 g/mol. The molecule has 0 amide bonds. The van der Waals surface area contributed by atoms with E-state index >= 15 is 0 Å². The van der Waals surface area contributed by atoms with E-state index in [4.69, 9.17) is 0 Å². The van der Waals surface area contributed by atoms with Crippen LogP contribution in [0.25, 0.3) is 10.6 Å².